The van der Waals surface area contributed by atoms with Gasteiger partial charge >= 0.3 is 6.09 Å². The van der Waals surface area contributed by atoms with Crippen LogP contribution in [-0.2, 0) is 4.74 Å². The van der Waals surface area contributed by atoms with E-state index in [9.17, 15) is 4.79 Å². The van der Waals surface area contributed by atoms with Crippen LogP contribution in [-0.4, -0.2) is 36.9 Å². The Hall–Kier alpha value is -0.810. The maximum atomic E-state index is 11.8. The summed E-state index contributed by atoms with van der Waals surface area (Å²) < 4.78 is 5.30. The van der Waals surface area contributed by atoms with Gasteiger partial charge in [0.2, 0.25) is 0 Å². The van der Waals surface area contributed by atoms with Crippen LogP contribution < -0.4 is 16.4 Å². The molecule has 1 fully saturated rings. The van der Waals surface area contributed by atoms with Gasteiger partial charge in [0.25, 0.3) is 0 Å². The number of amides is 1. The molecule has 0 aromatic heterocycles. The summed E-state index contributed by atoms with van der Waals surface area (Å²) in [6.45, 7) is 8.01. The molecule has 1 aliphatic rings. The molecule has 106 valence electrons. The molecule has 0 spiro atoms. The zero-order chi connectivity index (χ0) is 13.6. The fourth-order valence-electron chi connectivity index (χ4n) is 2.02. The third-order valence-electron chi connectivity index (χ3n) is 3.10. The number of hydrogen-bond donors (Lipinski definition) is 3. The largest absolute Gasteiger partial charge is 0.444 e. The van der Waals surface area contributed by atoms with Crippen LogP contribution in [0, 0.1) is 0 Å². The number of hydrogen-bond acceptors (Lipinski definition) is 4. The maximum absolute atomic E-state index is 11.8. The lowest BCUT2D eigenvalue weighted by Gasteiger charge is -2.42. The Labute approximate surface area is 110 Å². The molecule has 0 radical (unpaired) electrons. The van der Waals surface area contributed by atoms with E-state index in [-0.39, 0.29) is 11.6 Å². The van der Waals surface area contributed by atoms with Gasteiger partial charge < -0.3 is 21.1 Å². The van der Waals surface area contributed by atoms with Crippen molar-refractivity contribution < 1.29 is 9.53 Å². The second-order valence-electron chi connectivity index (χ2n) is 6.08. The van der Waals surface area contributed by atoms with Gasteiger partial charge in [-0.2, -0.15) is 0 Å². The van der Waals surface area contributed by atoms with Crippen molar-refractivity contribution >= 4 is 6.09 Å². The van der Waals surface area contributed by atoms with Crippen LogP contribution >= 0.6 is 0 Å². The fourth-order valence-corrected chi connectivity index (χ4v) is 2.02. The lowest BCUT2D eigenvalue weighted by atomic mass is 9.76. The van der Waals surface area contributed by atoms with E-state index < -0.39 is 5.60 Å². The van der Waals surface area contributed by atoms with E-state index in [1.165, 1.54) is 0 Å². The van der Waals surface area contributed by atoms with E-state index in [1.807, 2.05) is 20.8 Å². The number of carbonyl (C=O) groups excluding carboxylic acids is 1. The van der Waals surface area contributed by atoms with Gasteiger partial charge in [-0.1, -0.05) is 0 Å². The predicted octanol–water partition coefficient (Wildman–Crippen LogP) is 1.37. The second kappa shape index (κ2) is 6.38. The van der Waals surface area contributed by atoms with Crippen molar-refractivity contribution in [1.29, 1.82) is 0 Å². The highest BCUT2D eigenvalue weighted by Gasteiger charge is 2.39. The third-order valence-corrected chi connectivity index (χ3v) is 3.10. The van der Waals surface area contributed by atoms with Crippen LogP contribution in [0.15, 0.2) is 0 Å². The number of carbonyl (C=O) groups is 1. The summed E-state index contributed by atoms with van der Waals surface area (Å²) in [5, 5.41) is 6.36. The molecule has 0 bridgehead atoms. The van der Waals surface area contributed by atoms with E-state index >= 15 is 0 Å². The van der Waals surface area contributed by atoms with Crippen molar-refractivity contribution in [2.45, 2.75) is 57.6 Å². The van der Waals surface area contributed by atoms with Crippen LogP contribution in [0.4, 0.5) is 4.79 Å². The summed E-state index contributed by atoms with van der Waals surface area (Å²) in [6.07, 6.45) is 3.84. The van der Waals surface area contributed by atoms with Gasteiger partial charge in [0, 0.05) is 6.54 Å². The standard InChI is InChI=1S/C13H27N3O2/c1-12(2,3)18-11(17)16-13(6-4-7-13)10-15-9-5-8-14/h15H,4-10,14H2,1-3H3,(H,16,17). The number of nitrogens with two attached hydrogens (primary N) is 1. The number of nitrogens with one attached hydrogen (secondary N) is 2. The monoisotopic (exact) mass is 257 g/mol. The molecule has 1 saturated carbocycles. The Morgan fingerprint density at radius 2 is 2.06 bits per heavy atom. The highest BCUT2D eigenvalue weighted by molar-refractivity contribution is 5.69. The molecule has 0 aromatic rings. The topological polar surface area (TPSA) is 76.4 Å². The SMILES string of the molecule is CC(C)(C)OC(=O)NC1(CNCCCN)CCC1. The number of alkyl carbamates (subject to hydrolysis) is 1. The van der Waals surface area contributed by atoms with Crippen molar-refractivity contribution in [3.8, 4) is 0 Å². The van der Waals surface area contributed by atoms with Gasteiger partial charge in [-0.25, -0.2) is 4.79 Å². The van der Waals surface area contributed by atoms with E-state index in [1.54, 1.807) is 0 Å². The Morgan fingerprint density at radius 1 is 1.39 bits per heavy atom. The molecular weight excluding hydrogens is 230 g/mol. The minimum atomic E-state index is -0.442. The molecule has 0 aliphatic heterocycles. The van der Waals surface area contributed by atoms with Crippen LogP contribution in [0.3, 0.4) is 0 Å². The predicted molar refractivity (Wildman–Crippen MR) is 72.5 cm³/mol. The van der Waals surface area contributed by atoms with E-state index in [0.29, 0.717) is 6.54 Å². The molecule has 18 heavy (non-hydrogen) atoms. The van der Waals surface area contributed by atoms with Crippen molar-refractivity contribution in [2.24, 2.45) is 5.73 Å². The van der Waals surface area contributed by atoms with Gasteiger partial charge in [0.15, 0.2) is 0 Å². The zero-order valence-corrected chi connectivity index (χ0v) is 11.8. The summed E-state index contributed by atoms with van der Waals surface area (Å²) in [5.41, 5.74) is 4.89. The number of rotatable bonds is 6. The van der Waals surface area contributed by atoms with Gasteiger partial charge in [-0.05, 0) is 59.5 Å². The summed E-state index contributed by atoms with van der Waals surface area (Å²) in [4.78, 5) is 11.8. The highest BCUT2D eigenvalue weighted by Crippen LogP contribution is 2.31. The summed E-state index contributed by atoms with van der Waals surface area (Å²) >= 11 is 0. The smallest absolute Gasteiger partial charge is 0.408 e. The first kappa shape index (κ1) is 15.2. The van der Waals surface area contributed by atoms with Crippen LogP contribution in [0.5, 0.6) is 0 Å². The van der Waals surface area contributed by atoms with Crippen molar-refractivity contribution in [3.05, 3.63) is 0 Å². The molecule has 0 heterocycles. The molecule has 5 nitrogen and oxygen atoms in total. The van der Waals surface area contributed by atoms with Crippen molar-refractivity contribution in [2.75, 3.05) is 19.6 Å². The third kappa shape index (κ3) is 5.23. The molecule has 1 amide bonds. The van der Waals surface area contributed by atoms with Crippen molar-refractivity contribution in [3.63, 3.8) is 0 Å². The Balaban J connectivity index is 2.33. The van der Waals surface area contributed by atoms with Gasteiger partial charge in [0.05, 0.1) is 5.54 Å². The van der Waals surface area contributed by atoms with Gasteiger partial charge in [-0.15, -0.1) is 0 Å². The zero-order valence-electron chi connectivity index (χ0n) is 11.8. The summed E-state index contributed by atoms with van der Waals surface area (Å²) in [7, 11) is 0. The van der Waals surface area contributed by atoms with Gasteiger partial charge in [-0.3, -0.25) is 0 Å². The Kier molecular flexibility index (Phi) is 5.41. The van der Waals surface area contributed by atoms with Crippen molar-refractivity contribution in [1.82, 2.24) is 10.6 Å². The fraction of sp³-hybridized carbons (Fsp3) is 0.923. The van der Waals surface area contributed by atoms with Gasteiger partial charge in [0.1, 0.15) is 5.60 Å². The lowest BCUT2D eigenvalue weighted by Crippen LogP contribution is -2.60. The maximum Gasteiger partial charge on any atom is 0.408 e. The minimum Gasteiger partial charge on any atom is -0.444 e. The molecular formula is C13H27N3O2. The average Bonchev–Trinajstić information content (AvgIpc) is 2.17. The first-order chi connectivity index (χ1) is 8.37. The summed E-state index contributed by atoms with van der Waals surface area (Å²) in [6, 6.07) is 0. The first-order valence-corrected chi connectivity index (χ1v) is 6.79. The van der Waals surface area contributed by atoms with Crippen LogP contribution in [0.2, 0.25) is 0 Å². The molecule has 0 aromatic carbocycles. The second-order valence-corrected chi connectivity index (χ2v) is 6.08. The Morgan fingerprint density at radius 3 is 2.50 bits per heavy atom. The molecule has 0 atom stereocenters. The normalized spacial score (nSPS) is 18.0. The quantitative estimate of drug-likeness (QED) is 0.628. The van der Waals surface area contributed by atoms with E-state index in [4.69, 9.17) is 10.5 Å². The van der Waals surface area contributed by atoms with E-state index in [2.05, 4.69) is 10.6 Å². The average molecular weight is 257 g/mol. The number of ether oxygens (including phenoxy) is 1. The molecule has 1 rings (SSSR count). The molecule has 0 unspecified atom stereocenters. The minimum absolute atomic E-state index is 0.114. The van der Waals surface area contributed by atoms with E-state index in [0.717, 1.165) is 38.8 Å². The summed E-state index contributed by atoms with van der Waals surface area (Å²) in [5.74, 6) is 0. The molecule has 1 aliphatic carbocycles. The molecule has 4 N–H and O–H groups in total. The highest BCUT2D eigenvalue weighted by atomic mass is 16.6. The first-order valence-electron chi connectivity index (χ1n) is 6.79. The molecule has 5 heteroatoms. The molecule has 0 saturated heterocycles. The van der Waals surface area contributed by atoms with Crippen LogP contribution in [0.1, 0.15) is 46.5 Å². The van der Waals surface area contributed by atoms with Crippen LogP contribution in [0.25, 0.3) is 0 Å². The Bertz CT molecular complexity index is 270. The lowest BCUT2D eigenvalue weighted by molar-refractivity contribution is 0.0383.